The lowest BCUT2D eigenvalue weighted by Crippen LogP contribution is -2.21. The molecule has 2 heteroatoms. The predicted molar refractivity (Wildman–Crippen MR) is 69.7 cm³/mol. The van der Waals surface area contributed by atoms with Crippen LogP contribution in [0.5, 0.6) is 0 Å². The topological polar surface area (TPSA) is 29.5 Å². The molecule has 0 amide bonds. The van der Waals surface area contributed by atoms with Crippen molar-refractivity contribution in [2.75, 3.05) is 13.7 Å². The molecule has 0 aliphatic carbocycles. The molecule has 0 aromatic heterocycles. The van der Waals surface area contributed by atoms with Gasteiger partial charge in [0, 0.05) is 13.0 Å². The summed E-state index contributed by atoms with van der Waals surface area (Å²) in [5.41, 5.74) is 0. The highest BCUT2D eigenvalue weighted by Crippen LogP contribution is 2.13. The molecule has 1 N–H and O–H groups in total. The van der Waals surface area contributed by atoms with E-state index in [2.05, 4.69) is 13.8 Å². The Hall–Kier alpha value is -0.0800. The molecule has 0 aliphatic heterocycles. The Morgan fingerprint density at radius 3 is 2.12 bits per heavy atom. The molecule has 0 heterocycles. The maximum atomic E-state index is 9.81. The van der Waals surface area contributed by atoms with Gasteiger partial charge in [-0.3, -0.25) is 0 Å². The van der Waals surface area contributed by atoms with Gasteiger partial charge in [0.25, 0.3) is 0 Å². The van der Waals surface area contributed by atoms with E-state index in [1.54, 1.807) is 7.11 Å². The molecule has 0 radical (unpaired) electrons. The summed E-state index contributed by atoms with van der Waals surface area (Å²) >= 11 is 0. The van der Waals surface area contributed by atoms with Crippen LogP contribution in [0.4, 0.5) is 0 Å². The number of ether oxygens (including phenoxy) is 1. The van der Waals surface area contributed by atoms with Crippen LogP contribution in [0.15, 0.2) is 0 Å². The Labute approximate surface area is 101 Å². The Morgan fingerprint density at radius 1 is 1.00 bits per heavy atom. The molecule has 98 valence electrons. The largest absolute Gasteiger partial charge is 0.393 e. The van der Waals surface area contributed by atoms with Gasteiger partial charge in [-0.15, -0.1) is 0 Å². The molecule has 2 nitrogen and oxygen atoms in total. The molecule has 0 bridgehead atoms. The maximum Gasteiger partial charge on any atom is 0.0587 e. The molecule has 2 unspecified atom stereocenters. The summed E-state index contributed by atoms with van der Waals surface area (Å²) in [5, 5.41) is 9.81. The van der Waals surface area contributed by atoms with E-state index in [1.807, 2.05) is 0 Å². The van der Waals surface area contributed by atoms with Crippen molar-refractivity contribution in [2.45, 2.75) is 71.3 Å². The number of unbranched alkanes of at least 4 members (excludes halogenated alkanes) is 6. The summed E-state index contributed by atoms with van der Waals surface area (Å²) in [5.74, 6) is 0.269. The van der Waals surface area contributed by atoms with E-state index in [0.717, 1.165) is 12.8 Å². The van der Waals surface area contributed by atoms with Crippen LogP contribution in [-0.2, 0) is 4.74 Å². The summed E-state index contributed by atoms with van der Waals surface area (Å²) in [6.45, 7) is 4.96. The fourth-order valence-corrected chi connectivity index (χ4v) is 1.97. The molecule has 0 spiro atoms. The van der Waals surface area contributed by atoms with Gasteiger partial charge in [0.2, 0.25) is 0 Å². The Balaban J connectivity index is 3.23. The van der Waals surface area contributed by atoms with Gasteiger partial charge in [-0.05, 0) is 6.42 Å². The molecule has 0 aromatic rings. The van der Waals surface area contributed by atoms with Gasteiger partial charge in [-0.2, -0.15) is 0 Å². The molecule has 0 rings (SSSR count). The van der Waals surface area contributed by atoms with Crippen LogP contribution in [-0.4, -0.2) is 24.9 Å². The lowest BCUT2D eigenvalue weighted by molar-refractivity contribution is 0.0503. The number of methoxy groups -OCH3 is 1. The van der Waals surface area contributed by atoms with Crippen molar-refractivity contribution in [2.24, 2.45) is 5.92 Å². The Bertz CT molecular complexity index is 137. The zero-order valence-electron chi connectivity index (χ0n) is 11.4. The van der Waals surface area contributed by atoms with Crippen molar-refractivity contribution in [1.29, 1.82) is 0 Å². The van der Waals surface area contributed by atoms with Crippen LogP contribution in [0.3, 0.4) is 0 Å². The van der Waals surface area contributed by atoms with Crippen molar-refractivity contribution in [3.05, 3.63) is 0 Å². The van der Waals surface area contributed by atoms with Crippen molar-refractivity contribution >= 4 is 0 Å². The first-order chi connectivity index (χ1) is 7.72. The number of hydrogen-bond donors (Lipinski definition) is 1. The monoisotopic (exact) mass is 230 g/mol. The second-order valence-electron chi connectivity index (χ2n) is 4.91. The van der Waals surface area contributed by atoms with E-state index in [9.17, 15) is 5.11 Å². The molecule has 0 aliphatic rings. The Morgan fingerprint density at radius 2 is 1.56 bits per heavy atom. The molecule has 0 saturated heterocycles. The lowest BCUT2D eigenvalue weighted by atomic mass is 9.99. The highest BCUT2D eigenvalue weighted by molar-refractivity contribution is 4.63. The molecule has 2 atom stereocenters. The third-order valence-electron chi connectivity index (χ3n) is 3.19. The van der Waals surface area contributed by atoms with E-state index in [0.29, 0.717) is 6.61 Å². The maximum absolute atomic E-state index is 9.81. The van der Waals surface area contributed by atoms with E-state index >= 15 is 0 Å². The average molecular weight is 230 g/mol. The highest BCUT2D eigenvalue weighted by atomic mass is 16.5. The SMILES string of the molecule is CCCCCCCCCC(O)C(C)COC. The van der Waals surface area contributed by atoms with Gasteiger partial charge >= 0.3 is 0 Å². The zero-order chi connectivity index (χ0) is 12.2. The molecular weight excluding hydrogens is 200 g/mol. The van der Waals surface area contributed by atoms with Crippen molar-refractivity contribution in [3.8, 4) is 0 Å². The third kappa shape index (κ3) is 9.17. The van der Waals surface area contributed by atoms with Crippen LogP contribution >= 0.6 is 0 Å². The van der Waals surface area contributed by atoms with Crippen LogP contribution < -0.4 is 0 Å². The van der Waals surface area contributed by atoms with Gasteiger partial charge in [0.1, 0.15) is 0 Å². The fraction of sp³-hybridized carbons (Fsp3) is 1.00. The Kier molecular flexibility index (Phi) is 11.3. The number of rotatable bonds is 11. The van der Waals surface area contributed by atoms with Gasteiger partial charge in [0.15, 0.2) is 0 Å². The smallest absolute Gasteiger partial charge is 0.0587 e. The second kappa shape index (κ2) is 11.4. The van der Waals surface area contributed by atoms with Crippen LogP contribution in [0.25, 0.3) is 0 Å². The minimum absolute atomic E-state index is 0.185. The van der Waals surface area contributed by atoms with Crippen molar-refractivity contribution < 1.29 is 9.84 Å². The summed E-state index contributed by atoms with van der Waals surface area (Å²) in [4.78, 5) is 0. The second-order valence-corrected chi connectivity index (χ2v) is 4.91. The molecule has 0 fully saturated rings. The van der Waals surface area contributed by atoms with Gasteiger partial charge < -0.3 is 9.84 Å². The van der Waals surface area contributed by atoms with Gasteiger partial charge in [-0.25, -0.2) is 0 Å². The number of aliphatic hydroxyl groups is 1. The quantitative estimate of drug-likeness (QED) is 0.547. The van der Waals surface area contributed by atoms with Gasteiger partial charge in [-0.1, -0.05) is 58.8 Å². The first-order valence-electron chi connectivity index (χ1n) is 6.89. The van der Waals surface area contributed by atoms with E-state index in [4.69, 9.17) is 4.74 Å². The lowest BCUT2D eigenvalue weighted by Gasteiger charge is -2.17. The summed E-state index contributed by atoms with van der Waals surface area (Å²) < 4.78 is 5.04. The van der Waals surface area contributed by atoms with Crippen molar-refractivity contribution in [3.63, 3.8) is 0 Å². The minimum Gasteiger partial charge on any atom is -0.393 e. The third-order valence-corrected chi connectivity index (χ3v) is 3.19. The summed E-state index contributed by atoms with van der Waals surface area (Å²) in [7, 11) is 1.69. The average Bonchev–Trinajstić information content (AvgIpc) is 2.28. The standard InChI is InChI=1S/C14H30O2/c1-4-5-6-7-8-9-10-11-14(15)13(2)12-16-3/h13-15H,4-12H2,1-3H3. The van der Waals surface area contributed by atoms with Crippen LogP contribution in [0, 0.1) is 5.92 Å². The predicted octanol–water partition coefficient (Wildman–Crippen LogP) is 3.77. The molecular formula is C14H30O2. The fourth-order valence-electron chi connectivity index (χ4n) is 1.97. The van der Waals surface area contributed by atoms with Crippen LogP contribution in [0.2, 0.25) is 0 Å². The molecule has 16 heavy (non-hydrogen) atoms. The normalized spacial score (nSPS) is 15.0. The highest BCUT2D eigenvalue weighted by Gasteiger charge is 2.12. The first-order valence-corrected chi connectivity index (χ1v) is 6.89. The van der Waals surface area contributed by atoms with Crippen LogP contribution in [0.1, 0.15) is 65.2 Å². The van der Waals surface area contributed by atoms with E-state index in [-0.39, 0.29) is 12.0 Å². The van der Waals surface area contributed by atoms with Crippen molar-refractivity contribution in [1.82, 2.24) is 0 Å². The first kappa shape index (κ1) is 15.9. The number of aliphatic hydroxyl groups excluding tert-OH is 1. The molecule has 0 saturated carbocycles. The van der Waals surface area contributed by atoms with E-state index < -0.39 is 0 Å². The summed E-state index contributed by atoms with van der Waals surface area (Å²) in [6.07, 6.45) is 9.90. The minimum atomic E-state index is -0.185. The molecule has 0 aromatic carbocycles. The zero-order valence-corrected chi connectivity index (χ0v) is 11.4. The summed E-state index contributed by atoms with van der Waals surface area (Å²) in [6, 6.07) is 0. The van der Waals surface area contributed by atoms with Gasteiger partial charge in [0.05, 0.1) is 12.7 Å². The van der Waals surface area contributed by atoms with E-state index in [1.165, 1.54) is 38.5 Å². The number of hydrogen-bond acceptors (Lipinski definition) is 2.